The Morgan fingerprint density at radius 2 is 2.22 bits per heavy atom. The van der Waals surface area contributed by atoms with Gasteiger partial charge >= 0.3 is 23.1 Å². The molecule has 9 heavy (non-hydrogen) atoms. The van der Waals surface area contributed by atoms with Gasteiger partial charge in [0, 0.05) is 0 Å². The van der Waals surface area contributed by atoms with E-state index in [1.54, 1.807) is 6.07 Å². The third-order valence-electron chi connectivity index (χ3n) is 0.576. The van der Waals surface area contributed by atoms with Crippen LogP contribution in [0, 0.1) is 6.20 Å². The fourth-order valence-electron chi connectivity index (χ4n) is 0.307. The molecule has 0 aliphatic heterocycles. The molecule has 0 atom stereocenters. The van der Waals surface area contributed by atoms with Crippen LogP contribution in [0.5, 0.6) is 0 Å². The summed E-state index contributed by atoms with van der Waals surface area (Å²) in [5, 5.41) is 0. The van der Waals surface area contributed by atoms with Crippen molar-refractivity contribution in [3.63, 3.8) is 0 Å². The maximum Gasteiger partial charge on any atom is 2.00 e. The average Bonchev–Trinajstić information content (AvgIpc) is 1.69. The molecule has 0 unspecified atom stereocenters. The van der Waals surface area contributed by atoms with E-state index < -0.39 is 0 Å². The van der Waals surface area contributed by atoms with Gasteiger partial charge in [-0.1, -0.05) is 6.20 Å². The predicted octanol–water partition coefficient (Wildman–Crippen LogP) is -1.73. The third kappa shape index (κ3) is 5.33. The van der Waals surface area contributed by atoms with Gasteiger partial charge < -0.3 is 22.0 Å². The summed E-state index contributed by atoms with van der Waals surface area (Å²) in [5.41, 5.74) is 0. The summed E-state index contributed by atoms with van der Waals surface area (Å²) in [5.74, 6) is 0. The maximum absolute atomic E-state index is 3.77. The Kier molecular flexibility index (Phi) is 9.74. The Bertz CT molecular complexity index is 145. The number of pyridine rings is 1. The van der Waals surface area contributed by atoms with Crippen molar-refractivity contribution in [1.82, 2.24) is 4.98 Å². The molecule has 0 aliphatic carbocycles. The fourth-order valence-corrected chi connectivity index (χ4v) is 0.562. The van der Waals surface area contributed by atoms with E-state index >= 15 is 0 Å². The molecule has 0 aromatic carbocycles. The van der Waals surface area contributed by atoms with Crippen LogP contribution in [0.1, 0.15) is 0 Å². The molecule has 1 aromatic heterocycles. The molecule has 0 saturated heterocycles. The summed E-state index contributed by atoms with van der Waals surface area (Å²) in [6.07, 6.45) is 2.66. The Balaban J connectivity index is 0. The maximum atomic E-state index is 3.77. The van der Waals surface area contributed by atoms with E-state index in [-0.39, 0.29) is 40.0 Å². The molecule has 0 saturated carbocycles. The van der Waals surface area contributed by atoms with Crippen LogP contribution in [0.15, 0.2) is 22.8 Å². The second-order valence-corrected chi connectivity index (χ2v) is 1.90. The number of halogens is 2. The summed E-state index contributed by atoms with van der Waals surface area (Å²) >= 11 is 3.17. The summed E-state index contributed by atoms with van der Waals surface area (Å²) < 4.78 is 0.829. The van der Waals surface area contributed by atoms with Crippen molar-refractivity contribution in [3.05, 3.63) is 29.0 Å². The first-order valence-corrected chi connectivity index (χ1v) is 2.67. The van der Waals surface area contributed by atoms with Gasteiger partial charge in [0.25, 0.3) is 0 Å². The number of nitrogens with zero attached hydrogens (tertiary/aromatic N) is 1. The zero-order valence-corrected chi connectivity index (χ0v) is 9.23. The van der Waals surface area contributed by atoms with Gasteiger partial charge in [-0.3, -0.25) is 0 Å². The molecule has 4 heteroatoms. The van der Waals surface area contributed by atoms with Gasteiger partial charge in [-0.05, 0) is 4.60 Å². The van der Waals surface area contributed by atoms with Crippen molar-refractivity contribution in [3.8, 4) is 0 Å². The van der Waals surface area contributed by atoms with Crippen LogP contribution in [-0.4, -0.2) is 28.0 Å². The van der Waals surface area contributed by atoms with Crippen LogP contribution in [-0.2, 0) is 0 Å². The SMILES string of the molecule is Brc1ccc[c-]n1.[Br-].[Mg+2]. The van der Waals surface area contributed by atoms with Gasteiger partial charge in [0.15, 0.2) is 0 Å². The first kappa shape index (κ1) is 12.5. The van der Waals surface area contributed by atoms with Gasteiger partial charge in [-0.25, -0.2) is 0 Å². The van der Waals surface area contributed by atoms with Crippen LogP contribution in [0.2, 0.25) is 0 Å². The van der Waals surface area contributed by atoms with E-state index in [0.29, 0.717) is 0 Å². The van der Waals surface area contributed by atoms with E-state index in [4.69, 9.17) is 0 Å². The molecule has 1 heterocycles. The molecule has 0 amide bonds. The Labute approximate surface area is 89.3 Å². The molecule has 0 fully saturated rings. The summed E-state index contributed by atoms with van der Waals surface area (Å²) in [4.78, 5) is 3.77. The molecule has 1 rings (SSSR count). The number of hydrogen-bond donors (Lipinski definition) is 0. The smallest absolute Gasteiger partial charge is 1.00 e. The summed E-state index contributed by atoms with van der Waals surface area (Å²) in [7, 11) is 0. The Morgan fingerprint density at radius 3 is 2.44 bits per heavy atom. The topological polar surface area (TPSA) is 12.9 Å². The molecule has 44 valence electrons. The van der Waals surface area contributed by atoms with Crippen LogP contribution in [0.25, 0.3) is 0 Å². The summed E-state index contributed by atoms with van der Waals surface area (Å²) in [6.45, 7) is 0. The third-order valence-corrected chi connectivity index (χ3v) is 1.02. The van der Waals surface area contributed by atoms with Crippen LogP contribution >= 0.6 is 15.9 Å². The van der Waals surface area contributed by atoms with Crippen molar-refractivity contribution in [1.29, 1.82) is 0 Å². The van der Waals surface area contributed by atoms with Crippen LogP contribution < -0.4 is 17.0 Å². The largest absolute Gasteiger partial charge is 2.00 e. The zero-order valence-electron chi connectivity index (χ0n) is 4.64. The first-order valence-electron chi connectivity index (χ1n) is 1.88. The number of hydrogen-bond acceptors (Lipinski definition) is 1. The Morgan fingerprint density at radius 1 is 1.56 bits per heavy atom. The molecule has 1 aromatic rings. The normalized spacial score (nSPS) is 6.78. The standard InChI is InChI=1S/C5H3BrN.BrH.Mg/c6-5-3-1-2-4-7-5;;/h1-3H;1H;/q-1;;+2/p-1. The average molecular weight is 261 g/mol. The van der Waals surface area contributed by atoms with E-state index in [9.17, 15) is 0 Å². The number of aromatic nitrogens is 1. The molecule has 0 spiro atoms. The first-order chi connectivity index (χ1) is 3.39. The number of rotatable bonds is 0. The summed E-state index contributed by atoms with van der Waals surface area (Å²) in [6, 6.07) is 5.48. The van der Waals surface area contributed by atoms with Crippen molar-refractivity contribution in [2.24, 2.45) is 0 Å². The Hall–Kier alpha value is 0.876. The molecular formula is C5H3Br2MgN. The minimum absolute atomic E-state index is 0. The second-order valence-electron chi connectivity index (χ2n) is 1.09. The van der Waals surface area contributed by atoms with Crippen molar-refractivity contribution in [2.75, 3.05) is 0 Å². The minimum Gasteiger partial charge on any atom is -1.00 e. The zero-order chi connectivity index (χ0) is 5.11. The van der Waals surface area contributed by atoms with Crippen molar-refractivity contribution in [2.45, 2.75) is 0 Å². The van der Waals surface area contributed by atoms with Gasteiger partial charge in [0.05, 0.1) is 0 Å². The molecule has 0 radical (unpaired) electrons. The molecular weight excluding hydrogens is 258 g/mol. The molecule has 0 aliphatic rings. The fraction of sp³-hybridized carbons (Fsp3) is 0. The molecule has 0 bridgehead atoms. The van der Waals surface area contributed by atoms with E-state index in [0.717, 1.165) is 4.60 Å². The van der Waals surface area contributed by atoms with Gasteiger partial charge in [0.1, 0.15) is 0 Å². The van der Waals surface area contributed by atoms with Crippen LogP contribution in [0.4, 0.5) is 0 Å². The van der Waals surface area contributed by atoms with Crippen molar-refractivity contribution < 1.29 is 17.0 Å². The van der Waals surface area contributed by atoms with Gasteiger partial charge in [-0.2, -0.15) is 12.1 Å². The van der Waals surface area contributed by atoms with Crippen molar-refractivity contribution >= 4 is 39.0 Å². The molecule has 0 N–H and O–H groups in total. The van der Waals surface area contributed by atoms with Gasteiger partial charge in [-0.15, -0.1) is 22.0 Å². The van der Waals surface area contributed by atoms with Crippen LogP contribution in [0.3, 0.4) is 0 Å². The minimum atomic E-state index is 0. The van der Waals surface area contributed by atoms with Gasteiger partial charge in [0.2, 0.25) is 0 Å². The second kappa shape index (κ2) is 6.99. The van der Waals surface area contributed by atoms with E-state index in [2.05, 4.69) is 27.1 Å². The quantitative estimate of drug-likeness (QED) is 0.307. The molecule has 1 nitrogen and oxygen atoms in total. The van der Waals surface area contributed by atoms with E-state index in [1.165, 1.54) is 0 Å². The monoisotopic (exact) mass is 259 g/mol. The predicted molar refractivity (Wildman–Crippen MR) is 36.5 cm³/mol. The van der Waals surface area contributed by atoms with E-state index in [1.807, 2.05) is 12.1 Å².